The molecule has 0 atom stereocenters. The lowest BCUT2D eigenvalue weighted by Crippen LogP contribution is -2.38. The van der Waals surface area contributed by atoms with E-state index in [-0.39, 0.29) is 12.1 Å². The summed E-state index contributed by atoms with van der Waals surface area (Å²) in [7, 11) is -3.53. The minimum Gasteiger partial charge on any atom is -0.393 e. The van der Waals surface area contributed by atoms with Gasteiger partial charge >= 0.3 is 0 Å². The second-order valence-corrected chi connectivity index (χ2v) is 7.23. The van der Waals surface area contributed by atoms with Gasteiger partial charge in [-0.3, -0.25) is 0 Å². The topological polar surface area (TPSA) is 78.4 Å². The number of aliphatic hydroxyl groups excluding tert-OH is 1. The molecule has 1 aromatic rings. The smallest absolute Gasteiger partial charge is 0.242 e. The van der Waals surface area contributed by atoms with E-state index in [9.17, 15) is 13.5 Å². The Bertz CT molecular complexity index is 552. The van der Waals surface area contributed by atoms with Gasteiger partial charge in [0.15, 0.2) is 0 Å². The molecule has 0 aromatic heterocycles. The second kappa shape index (κ2) is 7.24. The molecule has 1 aliphatic carbocycles. The van der Waals surface area contributed by atoms with Crippen LogP contribution in [0.3, 0.4) is 0 Å². The molecule has 0 saturated heterocycles. The van der Waals surface area contributed by atoms with Crippen molar-refractivity contribution in [2.45, 2.75) is 56.1 Å². The van der Waals surface area contributed by atoms with E-state index in [1.54, 1.807) is 18.2 Å². The van der Waals surface area contributed by atoms with Gasteiger partial charge in [0.1, 0.15) is 4.90 Å². The lowest BCUT2D eigenvalue weighted by Gasteiger charge is -2.26. The summed E-state index contributed by atoms with van der Waals surface area (Å²) in [4.78, 5) is 0.296. The molecule has 1 aliphatic rings. The molecule has 0 heterocycles. The first kappa shape index (κ1) is 16.3. The van der Waals surface area contributed by atoms with Gasteiger partial charge in [0.05, 0.1) is 11.8 Å². The number of para-hydroxylation sites is 1. The summed E-state index contributed by atoms with van der Waals surface area (Å²) in [5.41, 5.74) is 0.641. The van der Waals surface area contributed by atoms with Crippen LogP contribution in [0.15, 0.2) is 29.2 Å². The maximum Gasteiger partial charge on any atom is 0.242 e. The maximum atomic E-state index is 12.6. The van der Waals surface area contributed by atoms with Crippen LogP contribution in [0, 0.1) is 0 Å². The first-order valence-corrected chi connectivity index (χ1v) is 9.04. The molecule has 5 nitrogen and oxygen atoms in total. The number of rotatable bonds is 6. The maximum absolute atomic E-state index is 12.6. The Morgan fingerprint density at radius 2 is 1.86 bits per heavy atom. The number of hydrogen-bond donors (Lipinski definition) is 3. The molecule has 1 fully saturated rings. The Morgan fingerprint density at radius 3 is 2.52 bits per heavy atom. The number of benzene rings is 1. The van der Waals surface area contributed by atoms with Crippen molar-refractivity contribution < 1.29 is 13.5 Å². The van der Waals surface area contributed by atoms with E-state index in [2.05, 4.69) is 10.0 Å². The normalized spacial score (nSPS) is 23.0. The molecule has 0 unspecified atom stereocenters. The Labute approximate surface area is 126 Å². The number of aliphatic hydroxyl groups is 1. The molecule has 0 spiro atoms. The highest BCUT2D eigenvalue weighted by atomic mass is 32.2. The van der Waals surface area contributed by atoms with E-state index in [1.807, 2.05) is 13.0 Å². The molecule has 0 aliphatic heterocycles. The van der Waals surface area contributed by atoms with Crippen molar-refractivity contribution in [3.05, 3.63) is 24.3 Å². The van der Waals surface area contributed by atoms with Crippen LogP contribution >= 0.6 is 0 Å². The van der Waals surface area contributed by atoms with E-state index in [0.717, 1.165) is 13.0 Å². The van der Waals surface area contributed by atoms with Crippen LogP contribution < -0.4 is 10.0 Å². The summed E-state index contributed by atoms with van der Waals surface area (Å²) in [6.45, 7) is 2.78. The number of hydrogen-bond acceptors (Lipinski definition) is 4. The van der Waals surface area contributed by atoms with Gasteiger partial charge in [-0.05, 0) is 44.2 Å². The third-order valence-corrected chi connectivity index (χ3v) is 5.34. The fourth-order valence-corrected chi connectivity index (χ4v) is 4.07. The van der Waals surface area contributed by atoms with Crippen molar-refractivity contribution in [2.75, 3.05) is 11.9 Å². The zero-order valence-corrected chi connectivity index (χ0v) is 13.2. The predicted octanol–water partition coefficient (Wildman–Crippen LogP) is 2.09. The third kappa shape index (κ3) is 4.43. The number of nitrogens with one attached hydrogen (secondary N) is 2. The largest absolute Gasteiger partial charge is 0.393 e. The molecule has 3 N–H and O–H groups in total. The van der Waals surface area contributed by atoms with Crippen molar-refractivity contribution >= 4 is 15.7 Å². The molecular weight excluding hydrogens is 288 g/mol. The van der Waals surface area contributed by atoms with Gasteiger partial charge in [0.25, 0.3) is 0 Å². The molecule has 0 bridgehead atoms. The highest BCUT2D eigenvalue weighted by Gasteiger charge is 2.26. The van der Waals surface area contributed by atoms with Crippen LogP contribution in [-0.4, -0.2) is 32.2 Å². The van der Waals surface area contributed by atoms with E-state index in [1.165, 1.54) is 0 Å². The summed E-state index contributed by atoms with van der Waals surface area (Å²) >= 11 is 0. The van der Waals surface area contributed by atoms with Crippen molar-refractivity contribution in [1.82, 2.24) is 4.72 Å². The van der Waals surface area contributed by atoms with Gasteiger partial charge in [-0.15, -0.1) is 0 Å². The number of sulfonamides is 1. The standard InChI is InChI=1S/C15H24N2O3S/c1-2-11-16-14-5-3-4-6-15(14)21(19,20)17-12-7-9-13(18)10-8-12/h3-6,12-13,16-18H,2,7-11H2,1H3. The molecule has 118 valence electrons. The first-order chi connectivity index (χ1) is 10.0. The molecule has 21 heavy (non-hydrogen) atoms. The Balaban J connectivity index is 2.12. The van der Waals surface area contributed by atoms with Crippen LogP contribution in [0.4, 0.5) is 5.69 Å². The average Bonchev–Trinajstić information content (AvgIpc) is 2.47. The Morgan fingerprint density at radius 1 is 1.19 bits per heavy atom. The Hall–Kier alpha value is -1.11. The highest BCUT2D eigenvalue weighted by molar-refractivity contribution is 7.89. The molecule has 1 aromatic carbocycles. The quantitative estimate of drug-likeness (QED) is 0.751. The van der Waals surface area contributed by atoms with E-state index in [4.69, 9.17) is 0 Å². The van der Waals surface area contributed by atoms with E-state index in [0.29, 0.717) is 36.3 Å². The van der Waals surface area contributed by atoms with Gasteiger partial charge in [-0.1, -0.05) is 19.1 Å². The predicted molar refractivity (Wildman–Crippen MR) is 83.8 cm³/mol. The number of anilines is 1. The van der Waals surface area contributed by atoms with Gasteiger partial charge < -0.3 is 10.4 Å². The van der Waals surface area contributed by atoms with E-state index < -0.39 is 10.0 Å². The zero-order chi connectivity index (χ0) is 15.3. The lowest BCUT2D eigenvalue weighted by atomic mass is 9.94. The Kier molecular flexibility index (Phi) is 5.61. The van der Waals surface area contributed by atoms with Gasteiger partial charge in [0.2, 0.25) is 10.0 Å². The highest BCUT2D eigenvalue weighted by Crippen LogP contribution is 2.24. The molecule has 6 heteroatoms. The summed E-state index contributed by atoms with van der Waals surface area (Å²) < 4.78 is 27.9. The van der Waals surface area contributed by atoms with Crippen LogP contribution in [0.25, 0.3) is 0 Å². The molecule has 0 radical (unpaired) electrons. The van der Waals surface area contributed by atoms with Crippen molar-refractivity contribution in [1.29, 1.82) is 0 Å². The van der Waals surface area contributed by atoms with Crippen molar-refractivity contribution in [3.63, 3.8) is 0 Å². The van der Waals surface area contributed by atoms with Crippen molar-refractivity contribution in [3.8, 4) is 0 Å². The first-order valence-electron chi connectivity index (χ1n) is 7.56. The third-order valence-electron chi connectivity index (χ3n) is 3.76. The fraction of sp³-hybridized carbons (Fsp3) is 0.600. The van der Waals surface area contributed by atoms with Crippen LogP contribution in [0.2, 0.25) is 0 Å². The summed E-state index contributed by atoms with van der Waals surface area (Å²) in [6, 6.07) is 6.88. The molecule has 1 saturated carbocycles. The van der Waals surface area contributed by atoms with E-state index >= 15 is 0 Å². The average molecular weight is 312 g/mol. The summed E-state index contributed by atoms with van der Waals surface area (Å²) in [5, 5.41) is 12.7. The van der Waals surface area contributed by atoms with Gasteiger partial charge in [-0.25, -0.2) is 13.1 Å². The van der Waals surface area contributed by atoms with Gasteiger partial charge in [-0.2, -0.15) is 0 Å². The van der Waals surface area contributed by atoms with Crippen molar-refractivity contribution in [2.24, 2.45) is 0 Å². The van der Waals surface area contributed by atoms with Crippen LogP contribution in [-0.2, 0) is 10.0 Å². The molecule has 2 rings (SSSR count). The van der Waals surface area contributed by atoms with Crippen LogP contribution in [0.5, 0.6) is 0 Å². The minimum atomic E-state index is -3.53. The lowest BCUT2D eigenvalue weighted by molar-refractivity contribution is 0.120. The minimum absolute atomic E-state index is 0.0855. The van der Waals surface area contributed by atoms with Crippen LogP contribution in [0.1, 0.15) is 39.0 Å². The SMILES string of the molecule is CCCNc1ccccc1S(=O)(=O)NC1CCC(O)CC1. The molecule has 0 amide bonds. The zero-order valence-electron chi connectivity index (χ0n) is 12.4. The molecular formula is C15H24N2O3S. The second-order valence-electron chi connectivity index (χ2n) is 5.55. The monoisotopic (exact) mass is 312 g/mol. The summed E-state index contributed by atoms with van der Waals surface area (Å²) in [5.74, 6) is 0. The summed E-state index contributed by atoms with van der Waals surface area (Å²) in [6.07, 6.45) is 3.33. The fourth-order valence-electron chi connectivity index (χ4n) is 2.58. The van der Waals surface area contributed by atoms with Gasteiger partial charge in [0, 0.05) is 12.6 Å².